The lowest BCUT2D eigenvalue weighted by atomic mass is 10.1. The second kappa shape index (κ2) is 10.6. The van der Waals surface area contributed by atoms with Crippen LogP contribution in [0.4, 0.5) is 4.79 Å². The van der Waals surface area contributed by atoms with Crippen LogP contribution in [0.3, 0.4) is 0 Å². The third-order valence-corrected chi connectivity index (χ3v) is 4.92. The molecule has 1 aliphatic rings. The van der Waals surface area contributed by atoms with Gasteiger partial charge in [-0.2, -0.15) is 0 Å². The van der Waals surface area contributed by atoms with E-state index in [4.69, 9.17) is 9.73 Å². The average Bonchev–Trinajstić information content (AvgIpc) is 3.15. The highest BCUT2D eigenvalue weighted by atomic mass is 16.6. The first kappa shape index (κ1) is 20.9. The lowest BCUT2D eigenvalue weighted by molar-refractivity contribution is 0.0963. The van der Waals surface area contributed by atoms with Gasteiger partial charge in [-0.05, 0) is 45.2 Å². The van der Waals surface area contributed by atoms with Crippen molar-refractivity contribution in [1.29, 1.82) is 0 Å². The zero-order chi connectivity index (χ0) is 20.5. The third kappa shape index (κ3) is 5.82. The van der Waals surface area contributed by atoms with Crippen LogP contribution in [0.1, 0.15) is 38.9 Å². The van der Waals surface area contributed by atoms with E-state index < -0.39 is 0 Å². The summed E-state index contributed by atoms with van der Waals surface area (Å²) in [4.78, 5) is 18.3. The van der Waals surface area contributed by atoms with E-state index in [0.29, 0.717) is 32.3 Å². The quantitative estimate of drug-likeness (QED) is 0.418. The smallest absolute Gasteiger partial charge is 0.409 e. The Hall–Kier alpha value is -2.84. The van der Waals surface area contributed by atoms with Crippen molar-refractivity contribution in [3.05, 3.63) is 30.2 Å². The van der Waals surface area contributed by atoms with Crippen molar-refractivity contribution in [2.45, 2.75) is 45.6 Å². The van der Waals surface area contributed by atoms with Gasteiger partial charge in [-0.1, -0.05) is 6.07 Å². The summed E-state index contributed by atoms with van der Waals surface area (Å²) in [5, 5.41) is 15.3. The number of likely N-dealkylation sites (tertiary alicyclic amines) is 1. The molecule has 2 aromatic rings. The van der Waals surface area contributed by atoms with Gasteiger partial charge in [0.15, 0.2) is 11.6 Å². The largest absolute Gasteiger partial charge is 0.450 e. The standard InChI is InChI=1S/C20H31N7O2/c1-3-21-19(23-16-10-14-26(15-11-16)20(28)29-4-2)22-12-7-9-18-25-24-17-8-5-6-13-27(17)18/h5-6,8,13,16H,3-4,7,9-12,14-15H2,1-2H3,(H2,21,22,23). The van der Waals surface area contributed by atoms with Gasteiger partial charge in [0.05, 0.1) is 6.61 Å². The monoisotopic (exact) mass is 401 g/mol. The maximum Gasteiger partial charge on any atom is 0.409 e. The number of carbonyl (C=O) groups excluding carboxylic acids is 1. The van der Waals surface area contributed by atoms with Gasteiger partial charge in [-0.25, -0.2) is 4.79 Å². The number of ether oxygens (including phenoxy) is 1. The number of carbonyl (C=O) groups is 1. The molecule has 2 aromatic heterocycles. The van der Waals surface area contributed by atoms with Crippen molar-refractivity contribution in [3.8, 4) is 0 Å². The molecule has 3 rings (SSSR count). The molecule has 1 aliphatic heterocycles. The lowest BCUT2D eigenvalue weighted by Gasteiger charge is -2.32. The molecule has 1 fully saturated rings. The maximum atomic E-state index is 11.8. The van der Waals surface area contributed by atoms with Crippen LogP contribution in [0.15, 0.2) is 29.4 Å². The van der Waals surface area contributed by atoms with E-state index in [-0.39, 0.29) is 6.09 Å². The van der Waals surface area contributed by atoms with Gasteiger partial charge in [0.2, 0.25) is 0 Å². The number of pyridine rings is 1. The number of nitrogens with zero attached hydrogens (tertiary/aromatic N) is 5. The van der Waals surface area contributed by atoms with Crippen LogP contribution >= 0.6 is 0 Å². The molecule has 0 radical (unpaired) electrons. The first-order valence-corrected chi connectivity index (χ1v) is 10.5. The van der Waals surface area contributed by atoms with Gasteiger partial charge >= 0.3 is 6.09 Å². The van der Waals surface area contributed by atoms with Crippen LogP contribution in [-0.4, -0.2) is 70.4 Å². The molecular weight excluding hydrogens is 370 g/mol. The molecule has 2 N–H and O–H groups in total. The minimum Gasteiger partial charge on any atom is -0.450 e. The Labute approximate surface area is 171 Å². The van der Waals surface area contributed by atoms with E-state index in [1.54, 1.807) is 4.90 Å². The Kier molecular flexibility index (Phi) is 7.66. The molecule has 29 heavy (non-hydrogen) atoms. The molecule has 158 valence electrons. The number of aromatic nitrogens is 3. The van der Waals surface area contributed by atoms with Crippen LogP contribution in [0.2, 0.25) is 0 Å². The van der Waals surface area contributed by atoms with Crippen LogP contribution in [-0.2, 0) is 11.2 Å². The minimum atomic E-state index is -0.215. The molecule has 0 spiro atoms. The lowest BCUT2D eigenvalue weighted by Crippen LogP contribution is -2.49. The summed E-state index contributed by atoms with van der Waals surface area (Å²) >= 11 is 0. The zero-order valence-electron chi connectivity index (χ0n) is 17.3. The Morgan fingerprint density at radius 3 is 2.86 bits per heavy atom. The number of piperidine rings is 1. The van der Waals surface area contributed by atoms with E-state index in [1.165, 1.54) is 0 Å². The predicted molar refractivity (Wildman–Crippen MR) is 112 cm³/mol. The first-order valence-electron chi connectivity index (χ1n) is 10.5. The van der Waals surface area contributed by atoms with Crippen molar-refractivity contribution in [3.63, 3.8) is 0 Å². The predicted octanol–water partition coefficient (Wildman–Crippen LogP) is 1.84. The van der Waals surface area contributed by atoms with Crippen LogP contribution in [0.5, 0.6) is 0 Å². The van der Waals surface area contributed by atoms with E-state index >= 15 is 0 Å². The van der Waals surface area contributed by atoms with Crippen molar-refractivity contribution in [2.24, 2.45) is 4.99 Å². The Balaban J connectivity index is 1.45. The highest BCUT2D eigenvalue weighted by Crippen LogP contribution is 2.11. The highest BCUT2D eigenvalue weighted by molar-refractivity contribution is 5.80. The summed E-state index contributed by atoms with van der Waals surface area (Å²) in [6.07, 6.45) is 5.26. The van der Waals surface area contributed by atoms with E-state index in [0.717, 1.165) is 49.7 Å². The molecule has 0 aliphatic carbocycles. The van der Waals surface area contributed by atoms with Crippen LogP contribution in [0.25, 0.3) is 5.65 Å². The number of hydrogen-bond donors (Lipinski definition) is 2. The fourth-order valence-electron chi connectivity index (χ4n) is 3.42. The molecule has 0 aromatic carbocycles. The first-order chi connectivity index (χ1) is 14.2. The minimum absolute atomic E-state index is 0.215. The fraction of sp³-hybridized carbons (Fsp3) is 0.600. The van der Waals surface area contributed by atoms with Crippen molar-refractivity contribution < 1.29 is 9.53 Å². The number of aryl methyl sites for hydroxylation is 1. The maximum absolute atomic E-state index is 11.8. The molecule has 0 saturated carbocycles. The van der Waals surface area contributed by atoms with Gasteiger partial charge in [0, 0.05) is 44.8 Å². The fourth-order valence-corrected chi connectivity index (χ4v) is 3.42. The van der Waals surface area contributed by atoms with Crippen molar-refractivity contribution >= 4 is 17.7 Å². The molecule has 1 amide bonds. The third-order valence-electron chi connectivity index (χ3n) is 4.92. The van der Waals surface area contributed by atoms with Gasteiger partial charge < -0.3 is 20.3 Å². The van der Waals surface area contributed by atoms with Gasteiger partial charge in [-0.3, -0.25) is 9.39 Å². The van der Waals surface area contributed by atoms with E-state index in [9.17, 15) is 4.79 Å². The summed E-state index contributed by atoms with van der Waals surface area (Å²) in [5.41, 5.74) is 0.871. The topological polar surface area (TPSA) is 96.1 Å². The summed E-state index contributed by atoms with van der Waals surface area (Å²) in [5.74, 6) is 1.79. The number of guanidine groups is 1. The molecule has 3 heterocycles. The molecule has 0 unspecified atom stereocenters. The Morgan fingerprint density at radius 1 is 1.28 bits per heavy atom. The molecule has 0 bridgehead atoms. The summed E-state index contributed by atoms with van der Waals surface area (Å²) < 4.78 is 7.10. The Bertz CT molecular complexity index is 812. The number of hydrogen-bond acceptors (Lipinski definition) is 5. The number of aliphatic imine (C=N–C) groups is 1. The van der Waals surface area contributed by atoms with E-state index in [2.05, 4.69) is 27.8 Å². The Morgan fingerprint density at radius 2 is 2.10 bits per heavy atom. The normalized spacial score (nSPS) is 15.5. The molecule has 9 nitrogen and oxygen atoms in total. The van der Waals surface area contributed by atoms with Crippen LogP contribution < -0.4 is 10.6 Å². The second-order valence-electron chi connectivity index (χ2n) is 7.01. The van der Waals surface area contributed by atoms with E-state index in [1.807, 2.05) is 35.7 Å². The summed E-state index contributed by atoms with van der Waals surface area (Å²) in [6.45, 7) is 7.23. The highest BCUT2D eigenvalue weighted by Gasteiger charge is 2.24. The summed E-state index contributed by atoms with van der Waals surface area (Å²) in [6, 6.07) is 6.20. The number of fused-ring (bicyclic) bond motifs is 1. The number of amides is 1. The molecule has 1 saturated heterocycles. The average molecular weight is 402 g/mol. The SMILES string of the molecule is CCNC(=NCCCc1nnc2ccccn12)NC1CCN(C(=O)OCC)CC1. The zero-order valence-corrected chi connectivity index (χ0v) is 17.3. The van der Waals surface area contributed by atoms with Crippen molar-refractivity contribution in [1.82, 2.24) is 30.1 Å². The van der Waals surface area contributed by atoms with Gasteiger partial charge in [-0.15, -0.1) is 10.2 Å². The molecule has 9 heteroatoms. The molecule has 0 atom stereocenters. The van der Waals surface area contributed by atoms with Crippen molar-refractivity contribution in [2.75, 3.05) is 32.8 Å². The number of nitrogens with one attached hydrogen (secondary N) is 2. The van der Waals surface area contributed by atoms with Crippen LogP contribution in [0, 0.1) is 0 Å². The molecular formula is C20H31N7O2. The second-order valence-corrected chi connectivity index (χ2v) is 7.01. The number of rotatable bonds is 7. The summed E-state index contributed by atoms with van der Waals surface area (Å²) in [7, 11) is 0. The van der Waals surface area contributed by atoms with Gasteiger partial charge in [0.1, 0.15) is 5.82 Å². The van der Waals surface area contributed by atoms with Gasteiger partial charge in [0.25, 0.3) is 0 Å².